The molecule has 4 aromatic rings. The van der Waals surface area contributed by atoms with Gasteiger partial charge in [0.1, 0.15) is 5.70 Å². The number of hydrazone groups is 1. The van der Waals surface area contributed by atoms with Gasteiger partial charge in [-0.3, -0.25) is 15.1 Å². The summed E-state index contributed by atoms with van der Waals surface area (Å²) in [6, 6.07) is 29.1. The normalized spacial score (nSPS) is 15.5. The van der Waals surface area contributed by atoms with Crippen molar-refractivity contribution in [2.24, 2.45) is 10.1 Å². The molecule has 9 nitrogen and oxygen atoms in total. The molecule has 10 heteroatoms. The van der Waals surface area contributed by atoms with Gasteiger partial charge in [-0.25, -0.2) is 14.6 Å². The summed E-state index contributed by atoms with van der Waals surface area (Å²) in [7, 11) is 0. The minimum Gasteiger partial charge on any atom is -0.419 e. The first kappa shape index (κ1) is 26.0. The van der Waals surface area contributed by atoms with E-state index in [1.165, 1.54) is 11.8 Å². The maximum Gasteiger partial charge on any atom is 0.343 e. The van der Waals surface area contributed by atoms with Crippen LogP contribution < -0.4 is 25.4 Å². The number of esters is 2. The number of hydrogen-bond donors (Lipinski definition) is 1. The van der Waals surface area contributed by atoms with Crippen LogP contribution in [0.15, 0.2) is 113 Å². The van der Waals surface area contributed by atoms with Gasteiger partial charge < -0.3 is 9.47 Å². The number of nitrogens with one attached hydrogen (secondary N) is 1. The van der Waals surface area contributed by atoms with Crippen LogP contribution in [0.1, 0.15) is 32.4 Å². The molecule has 0 fully saturated rings. The first-order valence-corrected chi connectivity index (χ1v) is 13.8. The summed E-state index contributed by atoms with van der Waals surface area (Å²) in [4.78, 5) is 44.0. The molecule has 1 N–H and O–H groups in total. The average molecular weight is 563 g/mol. The van der Waals surface area contributed by atoms with E-state index >= 15 is 0 Å². The molecule has 0 radical (unpaired) electrons. The number of hydrogen-bond acceptors (Lipinski definition) is 9. The fourth-order valence-corrected chi connectivity index (χ4v) is 4.82. The molecule has 2 aliphatic heterocycles. The van der Waals surface area contributed by atoms with Gasteiger partial charge >= 0.3 is 11.9 Å². The highest BCUT2D eigenvalue weighted by Crippen LogP contribution is 2.36. The minimum atomic E-state index is -0.763. The Labute approximate surface area is 238 Å². The first-order valence-electron chi connectivity index (χ1n) is 12.6. The van der Waals surface area contributed by atoms with Crippen molar-refractivity contribution < 1.29 is 23.9 Å². The zero-order valence-electron chi connectivity index (χ0n) is 21.7. The maximum atomic E-state index is 13.2. The molecule has 2 aliphatic rings. The third-order valence-corrected chi connectivity index (χ3v) is 6.97. The zero-order chi connectivity index (χ0) is 28.3. The van der Waals surface area contributed by atoms with E-state index in [4.69, 9.17) is 14.5 Å². The predicted molar refractivity (Wildman–Crippen MR) is 154 cm³/mol. The van der Waals surface area contributed by atoms with E-state index in [1.807, 2.05) is 30.5 Å². The Kier molecular flexibility index (Phi) is 7.05. The third-order valence-electron chi connectivity index (χ3n) is 6.40. The van der Waals surface area contributed by atoms with Gasteiger partial charge in [-0.15, -0.1) is 5.10 Å². The molecule has 41 heavy (non-hydrogen) atoms. The van der Waals surface area contributed by atoms with Crippen LogP contribution in [0.4, 0.5) is 0 Å². The molecule has 2 heterocycles. The van der Waals surface area contributed by atoms with Crippen molar-refractivity contribution >= 4 is 40.5 Å². The summed E-state index contributed by atoms with van der Waals surface area (Å²) in [6.07, 6.45) is 1.05. The minimum absolute atomic E-state index is 0.0202. The number of ether oxygens (including phenoxy) is 2. The van der Waals surface area contributed by atoms with E-state index in [9.17, 15) is 14.4 Å². The summed E-state index contributed by atoms with van der Waals surface area (Å²) < 4.78 is 11.4. The molecule has 202 valence electrons. The summed E-state index contributed by atoms with van der Waals surface area (Å²) >= 11 is 1.29. The largest absolute Gasteiger partial charge is 0.419 e. The molecular formula is C31H22N4O5S. The molecular weight excluding hydrogens is 540 g/mol. The van der Waals surface area contributed by atoms with Gasteiger partial charge in [-0.2, -0.15) is 0 Å². The Morgan fingerprint density at radius 2 is 1.41 bits per heavy atom. The lowest BCUT2D eigenvalue weighted by atomic mass is 10.1. The molecule has 0 aromatic heterocycles. The van der Waals surface area contributed by atoms with Crippen molar-refractivity contribution in [3.05, 3.63) is 130 Å². The number of carbonyl (C=O) groups is 3. The van der Waals surface area contributed by atoms with Gasteiger partial charge in [0, 0.05) is 10.8 Å². The maximum absolute atomic E-state index is 13.2. The van der Waals surface area contributed by atoms with Crippen molar-refractivity contribution in [3.63, 3.8) is 0 Å². The van der Waals surface area contributed by atoms with E-state index in [2.05, 4.69) is 10.4 Å². The monoisotopic (exact) mass is 562 g/mol. The smallest absolute Gasteiger partial charge is 0.343 e. The molecule has 1 atom stereocenters. The van der Waals surface area contributed by atoms with Crippen LogP contribution >= 0.6 is 11.8 Å². The summed E-state index contributed by atoms with van der Waals surface area (Å²) in [6.45, 7) is 0. The van der Waals surface area contributed by atoms with Crippen molar-refractivity contribution in [1.82, 2.24) is 10.3 Å². The molecule has 1 unspecified atom stereocenters. The van der Waals surface area contributed by atoms with Gasteiger partial charge in [0.15, 0.2) is 22.8 Å². The lowest BCUT2D eigenvalue weighted by molar-refractivity contribution is -0.116. The SMILES string of the molecule is CSC1=NN2C(=c3ccccc3=NC2c2ccc(OC(=O)c3ccccc3)c(OC(=O)c3ccccc3)c2)C(=O)N1. The number of rotatable bonds is 5. The number of benzene rings is 4. The van der Waals surface area contributed by atoms with E-state index in [1.54, 1.807) is 83.9 Å². The highest BCUT2D eigenvalue weighted by atomic mass is 32.2. The quantitative estimate of drug-likeness (QED) is 0.292. The highest BCUT2D eigenvalue weighted by Gasteiger charge is 2.34. The Morgan fingerprint density at radius 3 is 2.07 bits per heavy atom. The van der Waals surface area contributed by atoms with Crippen LogP contribution in [0.5, 0.6) is 11.5 Å². The predicted octanol–water partition coefficient (Wildman–Crippen LogP) is 3.63. The Balaban J connectivity index is 1.44. The molecule has 0 aliphatic carbocycles. The van der Waals surface area contributed by atoms with E-state index in [0.29, 0.717) is 38.1 Å². The van der Waals surface area contributed by atoms with Crippen LogP contribution in [0, 0.1) is 0 Å². The number of carbonyl (C=O) groups excluding carboxylic acids is 3. The zero-order valence-corrected chi connectivity index (χ0v) is 22.5. The van der Waals surface area contributed by atoms with E-state index < -0.39 is 18.1 Å². The van der Waals surface area contributed by atoms with E-state index in [-0.39, 0.29) is 17.4 Å². The fraction of sp³-hybridized carbons (Fsp3) is 0.0645. The van der Waals surface area contributed by atoms with Gasteiger partial charge in [-0.1, -0.05) is 72.4 Å². The molecule has 0 saturated carbocycles. The van der Waals surface area contributed by atoms with Crippen LogP contribution in [-0.2, 0) is 4.79 Å². The van der Waals surface area contributed by atoms with Crippen molar-refractivity contribution in [2.75, 3.05) is 6.26 Å². The number of nitrogens with zero attached hydrogens (tertiary/aromatic N) is 3. The molecule has 0 spiro atoms. The standard InChI is InChI=1S/C31H22N4O5S/c1-41-31-33-28(36)26-22-14-8-9-15-23(22)32-27(35(26)34-31)21-16-17-24(39-29(37)19-10-4-2-5-11-19)25(18-21)40-30(38)20-12-6-3-7-13-20/h2-18,27H,1H3,(H,33,34,36). The summed E-state index contributed by atoms with van der Waals surface area (Å²) in [5.41, 5.74) is 1.58. The highest BCUT2D eigenvalue weighted by molar-refractivity contribution is 8.13. The lowest BCUT2D eigenvalue weighted by Gasteiger charge is -2.34. The Bertz CT molecular complexity index is 1830. The van der Waals surface area contributed by atoms with Crippen LogP contribution in [0.25, 0.3) is 5.70 Å². The second-order valence-corrected chi connectivity index (χ2v) is 9.79. The van der Waals surface area contributed by atoms with Crippen molar-refractivity contribution in [2.45, 2.75) is 6.17 Å². The molecule has 4 aromatic carbocycles. The number of amides is 1. The van der Waals surface area contributed by atoms with Crippen molar-refractivity contribution in [3.8, 4) is 11.5 Å². The number of para-hydroxylation sites is 1. The second kappa shape index (κ2) is 11.1. The van der Waals surface area contributed by atoms with Gasteiger partial charge in [0.25, 0.3) is 5.91 Å². The molecule has 0 saturated heterocycles. The van der Waals surface area contributed by atoms with Crippen molar-refractivity contribution in [1.29, 1.82) is 0 Å². The molecule has 1 amide bonds. The number of thioether (sulfide) groups is 1. The van der Waals surface area contributed by atoms with Crippen LogP contribution in [-0.4, -0.2) is 34.3 Å². The Morgan fingerprint density at radius 1 is 0.805 bits per heavy atom. The summed E-state index contributed by atoms with van der Waals surface area (Å²) in [5.74, 6) is -1.47. The topological polar surface area (TPSA) is 110 Å². The molecule has 0 bridgehead atoms. The average Bonchev–Trinajstić information content (AvgIpc) is 3.02. The lowest BCUT2D eigenvalue weighted by Crippen LogP contribution is -2.50. The van der Waals surface area contributed by atoms with Crippen LogP contribution in [0.2, 0.25) is 0 Å². The van der Waals surface area contributed by atoms with Gasteiger partial charge in [0.05, 0.1) is 16.5 Å². The fourth-order valence-electron chi connectivity index (χ4n) is 4.45. The number of fused-ring (bicyclic) bond motifs is 2. The first-order chi connectivity index (χ1) is 20.0. The molecule has 6 rings (SSSR count). The van der Waals surface area contributed by atoms with Gasteiger partial charge in [-0.05, 0) is 48.7 Å². The Hall–Kier alpha value is -5.22. The van der Waals surface area contributed by atoms with E-state index in [0.717, 1.165) is 0 Å². The number of amidine groups is 1. The summed E-state index contributed by atoms with van der Waals surface area (Å²) in [5, 5.41) is 10.7. The second-order valence-electron chi connectivity index (χ2n) is 8.99. The van der Waals surface area contributed by atoms with Gasteiger partial charge in [0.2, 0.25) is 0 Å². The van der Waals surface area contributed by atoms with Crippen LogP contribution in [0.3, 0.4) is 0 Å². The third kappa shape index (κ3) is 5.20.